The Hall–Kier alpha value is -1.10. The largest absolute Gasteiger partial charge is 0.488 e. The average Bonchev–Trinajstić information content (AvgIpc) is 2.48. The number of rotatable bonds is 8. The molecule has 0 heterocycles. The Balaban J connectivity index is 1.88. The van der Waals surface area contributed by atoms with Crippen LogP contribution in [0.15, 0.2) is 24.3 Å². The van der Waals surface area contributed by atoms with Gasteiger partial charge in [-0.15, -0.1) is 0 Å². The SMILES string of the molecule is CNC1CC(Oc2ccc(C(C)C)cc2)C1OCCOC. The second-order valence-electron chi connectivity index (χ2n) is 5.84. The van der Waals surface area contributed by atoms with Crippen LogP contribution in [-0.2, 0) is 9.47 Å². The fourth-order valence-electron chi connectivity index (χ4n) is 2.58. The van der Waals surface area contributed by atoms with Crippen LogP contribution in [0, 0.1) is 0 Å². The van der Waals surface area contributed by atoms with Gasteiger partial charge in [-0.05, 0) is 30.7 Å². The predicted octanol–water partition coefficient (Wildman–Crippen LogP) is 2.58. The standard InChI is InChI=1S/C17H27NO3/c1-12(2)13-5-7-14(8-6-13)21-16-11-15(18-3)17(16)20-10-9-19-4/h5-8,12,15-18H,9-11H2,1-4H3. The van der Waals surface area contributed by atoms with Crippen molar-refractivity contribution in [2.45, 2.75) is 44.4 Å². The molecule has 3 unspecified atom stereocenters. The van der Waals surface area contributed by atoms with Gasteiger partial charge in [-0.25, -0.2) is 0 Å². The fourth-order valence-corrected chi connectivity index (χ4v) is 2.58. The summed E-state index contributed by atoms with van der Waals surface area (Å²) in [5.41, 5.74) is 1.33. The lowest BCUT2D eigenvalue weighted by Gasteiger charge is -2.43. The van der Waals surface area contributed by atoms with Crippen molar-refractivity contribution < 1.29 is 14.2 Å². The van der Waals surface area contributed by atoms with E-state index in [4.69, 9.17) is 14.2 Å². The molecule has 1 aromatic rings. The molecule has 4 heteroatoms. The van der Waals surface area contributed by atoms with Gasteiger partial charge < -0.3 is 19.5 Å². The normalized spacial score (nSPS) is 24.9. The van der Waals surface area contributed by atoms with Crippen LogP contribution in [-0.4, -0.2) is 45.6 Å². The summed E-state index contributed by atoms with van der Waals surface area (Å²) in [6.07, 6.45) is 1.18. The number of hydrogen-bond acceptors (Lipinski definition) is 4. The Kier molecular flexibility index (Phi) is 6.03. The van der Waals surface area contributed by atoms with E-state index < -0.39 is 0 Å². The molecule has 0 saturated heterocycles. The minimum absolute atomic E-state index is 0.0925. The van der Waals surface area contributed by atoms with E-state index in [0.29, 0.717) is 25.2 Å². The molecule has 2 rings (SSSR count). The molecule has 1 aliphatic carbocycles. The first-order valence-corrected chi connectivity index (χ1v) is 7.70. The van der Waals surface area contributed by atoms with Crippen LogP contribution in [0.25, 0.3) is 0 Å². The molecule has 0 bridgehead atoms. The second kappa shape index (κ2) is 7.78. The number of hydrogen-bond donors (Lipinski definition) is 1. The van der Waals surface area contributed by atoms with Gasteiger partial charge in [0.15, 0.2) is 0 Å². The third-order valence-corrected chi connectivity index (χ3v) is 4.05. The third-order valence-electron chi connectivity index (χ3n) is 4.05. The third kappa shape index (κ3) is 4.19. The molecule has 118 valence electrons. The molecule has 0 spiro atoms. The van der Waals surface area contributed by atoms with Gasteiger partial charge in [0.05, 0.1) is 13.2 Å². The quantitative estimate of drug-likeness (QED) is 0.748. The van der Waals surface area contributed by atoms with Gasteiger partial charge in [0.1, 0.15) is 18.0 Å². The van der Waals surface area contributed by atoms with Gasteiger partial charge >= 0.3 is 0 Å². The van der Waals surface area contributed by atoms with Crippen molar-refractivity contribution in [3.8, 4) is 5.75 Å². The summed E-state index contributed by atoms with van der Waals surface area (Å²) in [4.78, 5) is 0. The van der Waals surface area contributed by atoms with Crippen LogP contribution in [0.4, 0.5) is 0 Å². The van der Waals surface area contributed by atoms with Crippen LogP contribution in [0.5, 0.6) is 5.75 Å². The summed E-state index contributed by atoms with van der Waals surface area (Å²) < 4.78 is 16.9. The van der Waals surface area contributed by atoms with Crippen LogP contribution in [0.3, 0.4) is 0 Å². The molecule has 1 aromatic carbocycles. The Bertz CT molecular complexity index is 419. The van der Waals surface area contributed by atoms with Crippen LogP contribution in [0.1, 0.15) is 31.7 Å². The molecule has 1 aliphatic rings. The Morgan fingerprint density at radius 2 is 1.90 bits per heavy atom. The average molecular weight is 293 g/mol. The molecule has 0 aliphatic heterocycles. The van der Waals surface area contributed by atoms with Gasteiger partial charge in [0.2, 0.25) is 0 Å². The van der Waals surface area contributed by atoms with Crippen molar-refractivity contribution in [3.63, 3.8) is 0 Å². The van der Waals surface area contributed by atoms with E-state index in [0.717, 1.165) is 12.2 Å². The van der Waals surface area contributed by atoms with Crippen LogP contribution >= 0.6 is 0 Å². The van der Waals surface area contributed by atoms with E-state index in [9.17, 15) is 0 Å². The molecule has 3 atom stereocenters. The van der Waals surface area contributed by atoms with Crippen LogP contribution < -0.4 is 10.1 Å². The highest BCUT2D eigenvalue weighted by molar-refractivity contribution is 5.29. The minimum atomic E-state index is 0.0925. The van der Waals surface area contributed by atoms with E-state index in [1.54, 1.807) is 7.11 Å². The van der Waals surface area contributed by atoms with Gasteiger partial charge in [0.25, 0.3) is 0 Å². The van der Waals surface area contributed by atoms with E-state index >= 15 is 0 Å². The molecular formula is C17H27NO3. The Labute approximate surface area is 127 Å². The summed E-state index contributed by atoms with van der Waals surface area (Å²) >= 11 is 0. The predicted molar refractivity (Wildman–Crippen MR) is 84.0 cm³/mol. The lowest BCUT2D eigenvalue weighted by Crippen LogP contribution is -2.60. The van der Waals surface area contributed by atoms with E-state index in [1.165, 1.54) is 5.56 Å². The first-order chi connectivity index (χ1) is 10.2. The summed E-state index contributed by atoms with van der Waals surface area (Å²) in [6.45, 7) is 5.60. The smallest absolute Gasteiger partial charge is 0.128 e. The highest BCUT2D eigenvalue weighted by Crippen LogP contribution is 2.29. The van der Waals surface area contributed by atoms with Crippen molar-refractivity contribution >= 4 is 0 Å². The summed E-state index contributed by atoms with van der Waals surface area (Å²) in [5, 5.41) is 3.27. The maximum atomic E-state index is 6.05. The van der Waals surface area contributed by atoms with E-state index in [1.807, 2.05) is 19.2 Å². The number of ether oxygens (including phenoxy) is 3. The minimum Gasteiger partial charge on any atom is -0.488 e. The first-order valence-electron chi connectivity index (χ1n) is 7.70. The first kappa shape index (κ1) is 16.3. The molecule has 4 nitrogen and oxygen atoms in total. The maximum absolute atomic E-state index is 6.05. The Morgan fingerprint density at radius 3 is 2.48 bits per heavy atom. The number of nitrogens with one attached hydrogen (secondary N) is 1. The zero-order valence-electron chi connectivity index (χ0n) is 13.5. The second-order valence-corrected chi connectivity index (χ2v) is 5.84. The van der Waals surface area contributed by atoms with E-state index in [-0.39, 0.29) is 12.2 Å². The number of benzene rings is 1. The summed E-state index contributed by atoms with van der Waals surface area (Å²) in [6, 6.07) is 8.73. The highest BCUT2D eigenvalue weighted by atomic mass is 16.6. The van der Waals surface area contributed by atoms with Crippen molar-refractivity contribution in [1.29, 1.82) is 0 Å². The number of likely N-dealkylation sites (N-methyl/N-ethyl adjacent to an activating group) is 1. The lowest BCUT2D eigenvalue weighted by molar-refractivity contribution is -0.114. The van der Waals surface area contributed by atoms with Crippen molar-refractivity contribution in [2.75, 3.05) is 27.4 Å². The van der Waals surface area contributed by atoms with Crippen molar-refractivity contribution in [1.82, 2.24) is 5.32 Å². The van der Waals surface area contributed by atoms with Crippen molar-refractivity contribution in [2.24, 2.45) is 0 Å². The van der Waals surface area contributed by atoms with Gasteiger partial charge in [-0.3, -0.25) is 0 Å². The fraction of sp³-hybridized carbons (Fsp3) is 0.647. The van der Waals surface area contributed by atoms with Crippen molar-refractivity contribution in [3.05, 3.63) is 29.8 Å². The van der Waals surface area contributed by atoms with Gasteiger partial charge in [0, 0.05) is 19.6 Å². The molecule has 0 aromatic heterocycles. The highest BCUT2D eigenvalue weighted by Gasteiger charge is 2.43. The van der Waals surface area contributed by atoms with Crippen LogP contribution in [0.2, 0.25) is 0 Å². The molecule has 1 N–H and O–H groups in total. The van der Waals surface area contributed by atoms with Gasteiger partial charge in [-0.2, -0.15) is 0 Å². The lowest BCUT2D eigenvalue weighted by atomic mass is 9.85. The summed E-state index contributed by atoms with van der Waals surface area (Å²) in [7, 11) is 3.65. The number of methoxy groups -OCH3 is 1. The topological polar surface area (TPSA) is 39.7 Å². The molecule has 0 radical (unpaired) electrons. The molecule has 1 fully saturated rings. The van der Waals surface area contributed by atoms with E-state index in [2.05, 4.69) is 31.3 Å². The zero-order valence-corrected chi connectivity index (χ0v) is 13.5. The maximum Gasteiger partial charge on any atom is 0.128 e. The molecule has 21 heavy (non-hydrogen) atoms. The van der Waals surface area contributed by atoms with Gasteiger partial charge in [-0.1, -0.05) is 26.0 Å². The Morgan fingerprint density at radius 1 is 1.19 bits per heavy atom. The summed E-state index contributed by atoms with van der Waals surface area (Å²) in [5.74, 6) is 1.46. The monoisotopic (exact) mass is 293 g/mol. The molecule has 1 saturated carbocycles. The zero-order chi connectivity index (χ0) is 15.2. The molecular weight excluding hydrogens is 266 g/mol. The molecule has 0 amide bonds.